The monoisotopic (exact) mass is 320 g/mol. The van der Waals surface area contributed by atoms with E-state index in [2.05, 4.69) is 35.6 Å². The minimum Gasteiger partial charge on any atom is -0.543 e. The maximum absolute atomic E-state index is 11.5. The van der Waals surface area contributed by atoms with Crippen molar-refractivity contribution in [2.24, 2.45) is 0 Å². The standard InChI is InChI=1S/C11H14BrClO2Si/c1-7(14)9-5-8(12)6-10(13)11(9)15-16(2,3)4/h5-6H,1-4H3. The van der Waals surface area contributed by atoms with Gasteiger partial charge in [0, 0.05) is 4.47 Å². The average molecular weight is 322 g/mol. The Morgan fingerprint density at radius 1 is 1.38 bits per heavy atom. The van der Waals surface area contributed by atoms with Gasteiger partial charge in [-0.1, -0.05) is 27.5 Å². The number of ketones is 1. The average Bonchev–Trinajstić information content (AvgIpc) is 2.07. The van der Waals surface area contributed by atoms with Gasteiger partial charge in [-0.3, -0.25) is 4.79 Å². The van der Waals surface area contributed by atoms with Crippen molar-refractivity contribution in [2.45, 2.75) is 26.6 Å². The summed E-state index contributed by atoms with van der Waals surface area (Å²) < 4.78 is 6.63. The molecule has 88 valence electrons. The third-order valence-corrected chi connectivity index (χ3v) is 3.35. The molecule has 1 rings (SSSR count). The van der Waals surface area contributed by atoms with E-state index in [1.807, 2.05) is 0 Å². The van der Waals surface area contributed by atoms with Crippen molar-refractivity contribution in [1.82, 2.24) is 0 Å². The van der Waals surface area contributed by atoms with Crippen molar-refractivity contribution < 1.29 is 9.22 Å². The van der Waals surface area contributed by atoms with E-state index in [0.29, 0.717) is 16.3 Å². The minimum atomic E-state index is -1.78. The van der Waals surface area contributed by atoms with E-state index in [1.165, 1.54) is 6.92 Å². The third-order valence-electron chi connectivity index (χ3n) is 1.80. The summed E-state index contributed by atoms with van der Waals surface area (Å²) in [5.74, 6) is 0.466. The molecule has 0 aliphatic heterocycles. The molecule has 0 N–H and O–H groups in total. The van der Waals surface area contributed by atoms with E-state index in [4.69, 9.17) is 16.0 Å². The van der Waals surface area contributed by atoms with Gasteiger partial charge >= 0.3 is 0 Å². The van der Waals surface area contributed by atoms with Crippen molar-refractivity contribution in [1.29, 1.82) is 0 Å². The molecule has 0 unspecified atom stereocenters. The highest BCUT2D eigenvalue weighted by Crippen LogP contribution is 2.34. The molecule has 2 nitrogen and oxygen atoms in total. The summed E-state index contributed by atoms with van der Waals surface area (Å²) in [6, 6.07) is 3.48. The van der Waals surface area contributed by atoms with Gasteiger partial charge in [-0.15, -0.1) is 0 Å². The molecule has 0 aromatic heterocycles. The molecule has 0 aliphatic carbocycles. The zero-order valence-electron chi connectivity index (χ0n) is 9.73. The fraction of sp³-hybridized carbons (Fsp3) is 0.364. The molecule has 0 radical (unpaired) electrons. The van der Waals surface area contributed by atoms with E-state index in [1.54, 1.807) is 12.1 Å². The van der Waals surface area contributed by atoms with Gasteiger partial charge in [-0.2, -0.15) is 0 Å². The van der Waals surface area contributed by atoms with Crippen LogP contribution in [0.2, 0.25) is 24.7 Å². The van der Waals surface area contributed by atoms with Crippen LogP contribution in [0.3, 0.4) is 0 Å². The Bertz CT molecular complexity index is 427. The van der Waals surface area contributed by atoms with E-state index < -0.39 is 8.32 Å². The van der Waals surface area contributed by atoms with Crippen molar-refractivity contribution >= 4 is 41.6 Å². The highest BCUT2D eigenvalue weighted by Gasteiger charge is 2.22. The molecular formula is C11H14BrClO2Si. The lowest BCUT2D eigenvalue weighted by Gasteiger charge is -2.22. The molecule has 0 amide bonds. The molecule has 0 bridgehead atoms. The molecule has 5 heteroatoms. The third kappa shape index (κ3) is 3.61. The normalized spacial score (nSPS) is 11.4. The van der Waals surface area contributed by atoms with Crippen LogP contribution in [0.4, 0.5) is 0 Å². The van der Waals surface area contributed by atoms with Crippen LogP contribution >= 0.6 is 27.5 Å². The number of carbonyl (C=O) groups excluding carboxylic acids is 1. The van der Waals surface area contributed by atoms with Crippen molar-refractivity contribution in [3.63, 3.8) is 0 Å². The lowest BCUT2D eigenvalue weighted by atomic mass is 10.1. The molecule has 1 aromatic carbocycles. The highest BCUT2D eigenvalue weighted by atomic mass is 79.9. The first-order valence-corrected chi connectivity index (χ1v) is 9.47. The molecule has 0 heterocycles. The summed E-state index contributed by atoms with van der Waals surface area (Å²) in [5.41, 5.74) is 0.529. The van der Waals surface area contributed by atoms with E-state index in [-0.39, 0.29) is 5.78 Å². The number of carbonyl (C=O) groups is 1. The molecule has 0 saturated carbocycles. The zero-order chi connectivity index (χ0) is 12.5. The number of hydrogen-bond acceptors (Lipinski definition) is 2. The Balaban J connectivity index is 3.30. The van der Waals surface area contributed by atoms with Gasteiger partial charge in [0.2, 0.25) is 8.32 Å². The van der Waals surface area contributed by atoms with E-state index in [0.717, 1.165) is 4.47 Å². The van der Waals surface area contributed by atoms with Crippen molar-refractivity contribution in [3.05, 3.63) is 27.2 Å². The first-order chi connectivity index (χ1) is 7.20. The first kappa shape index (κ1) is 13.7. The number of rotatable bonds is 3. The predicted octanol–water partition coefficient (Wildman–Crippen LogP) is 4.52. The van der Waals surface area contributed by atoms with Gasteiger partial charge in [0.1, 0.15) is 5.75 Å². The summed E-state index contributed by atoms with van der Waals surface area (Å²) in [6.45, 7) is 7.66. The Kier molecular flexibility index (Phi) is 4.21. The van der Waals surface area contributed by atoms with Gasteiger partial charge in [-0.25, -0.2) is 0 Å². The summed E-state index contributed by atoms with van der Waals surface area (Å²) in [6.07, 6.45) is 0. The van der Waals surface area contributed by atoms with Crippen LogP contribution in [-0.4, -0.2) is 14.1 Å². The van der Waals surface area contributed by atoms with Crippen molar-refractivity contribution in [2.75, 3.05) is 0 Å². The smallest absolute Gasteiger partial charge is 0.242 e. The molecule has 0 atom stereocenters. The molecule has 1 aromatic rings. The Hall–Kier alpha value is -0.323. The first-order valence-electron chi connectivity index (χ1n) is 4.90. The van der Waals surface area contributed by atoms with Gasteiger partial charge < -0.3 is 4.43 Å². The largest absolute Gasteiger partial charge is 0.543 e. The SMILES string of the molecule is CC(=O)c1cc(Br)cc(Cl)c1O[Si](C)(C)C. The lowest BCUT2D eigenvalue weighted by Crippen LogP contribution is -2.30. The molecule has 0 fully saturated rings. The maximum atomic E-state index is 11.5. The minimum absolute atomic E-state index is 0.0450. The van der Waals surface area contributed by atoms with Crippen LogP contribution < -0.4 is 4.43 Å². The number of halogens is 2. The second kappa shape index (κ2) is 4.90. The fourth-order valence-electron chi connectivity index (χ4n) is 1.23. The predicted molar refractivity (Wildman–Crippen MR) is 73.1 cm³/mol. The molecular weight excluding hydrogens is 308 g/mol. The summed E-state index contributed by atoms with van der Waals surface area (Å²) in [4.78, 5) is 11.5. The van der Waals surface area contributed by atoms with Crippen LogP contribution in [-0.2, 0) is 0 Å². The Morgan fingerprint density at radius 2 is 1.94 bits per heavy atom. The maximum Gasteiger partial charge on any atom is 0.242 e. The van der Waals surface area contributed by atoms with Crippen molar-refractivity contribution in [3.8, 4) is 5.75 Å². The summed E-state index contributed by atoms with van der Waals surface area (Å²) in [7, 11) is -1.78. The summed E-state index contributed by atoms with van der Waals surface area (Å²) in [5, 5.41) is 0.474. The molecule has 0 spiro atoms. The van der Waals surface area contributed by atoms with Gasteiger partial charge in [-0.05, 0) is 38.7 Å². The zero-order valence-corrected chi connectivity index (χ0v) is 13.1. The van der Waals surface area contributed by atoms with Gasteiger partial charge in [0.05, 0.1) is 10.6 Å². The number of hydrogen-bond donors (Lipinski definition) is 0. The van der Waals surface area contributed by atoms with Gasteiger partial charge in [0.25, 0.3) is 0 Å². The molecule has 0 saturated heterocycles. The van der Waals surface area contributed by atoms with Crippen LogP contribution in [0.15, 0.2) is 16.6 Å². The highest BCUT2D eigenvalue weighted by molar-refractivity contribution is 9.10. The Labute approximate surface area is 110 Å². The van der Waals surface area contributed by atoms with Crippen LogP contribution in [0.1, 0.15) is 17.3 Å². The molecule has 16 heavy (non-hydrogen) atoms. The van der Waals surface area contributed by atoms with Crippen LogP contribution in [0, 0.1) is 0 Å². The second-order valence-electron chi connectivity index (χ2n) is 4.53. The topological polar surface area (TPSA) is 26.3 Å². The quantitative estimate of drug-likeness (QED) is 0.604. The Morgan fingerprint density at radius 3 is 2.38 bits per heavy atom. The summed E-state index contributed by atoms with van der Waals surface area (Å²) >= 11 is 9.41. The fourth-order valence-corrected chi connectivity index (χ4v) is 2.98. The number of Topliss-reactive ketones (excluding diaryl/α,β-unsaturated/α-hetero) is 1. The van der Waals surface area contributed by atoms with E-state index in [9.17, 15) is 4.79 Å². The number of benzene rings is 1. The van der Waals surface area contributed by atoms with Crippen LogP contribution in [0.5, 0.6) is 5.75 Å². The van der Waals surface area contributed by atoms with Crippen LogP contribution in [0.25, 0.3) is 0 Å². The second-order valence-corrected chi connectivity index (χ2v) is 10.3. The lowest BCUT2D eigenvalue weighted by molar-refractivity contribution is 0.101. The van der Waals surface area contributed by atoms with Gasteiger partial charge in [0.15, 0.2) is 5.78 Å². The van der Waals surface area contributed by atoms with E-state index >= 15 is 0 Å². The molecule has 0 aliphatic rings.